The molecule has 2 fully saturated rings. The van der Waals surface area contributed by atoms with E-state index in [1.807, 2.05) is 11.0 Å². The number of carbonyl (C=O) groups is 1. The second kappa shape index (κ2) is 13.9. The van der Waals surface area contributed by atoms with Gasteiger partial charge in [-0.25, -0.2) is 9.18 Å². The van der Waals surface area contributed by atoms with Crippen LogP contribution in [0.15, 0.2) is 24.3 Å². The Bertz CT molecular complexity index is 714. The van der Waals surface area contributed by atoms with Crippen molar-refractivity contribution < 1.29 is 18.7 Å². The average molecular weight is 464 g/mol. The summed E-state index contributed by atoms with van der Waals surface area (Å²) >= 11 is 0. The minimum absolute atomic E-state index is 0.00800. The Kier molecular flexibility index (Phi) is 10.9. The highest BCUT2D eigenvalue weighted by Crippen LogP contribution is 2.34. The zero-order valence-corrected chi connectivity index (χ0v) is 20.1. The van der Waals surface area contributed by atoms with Crippen molar-refractivity contribution in [2.24, 2.45) is 17.6 Å². The lowest BCUT2D eigenvalue weighted by atomic mass is 9.85. The molecule has 2 unspecified atom stereocenters. The van der Waals surface area contributed by atoms with Gasteiger partial charge in [0, 0.05) is 57.5 Å². The first kappa shape index (κ1) is 25.9. The van der Waals surface area contributed by atoms with E-state index in [1.54, 1.807) is 19.2 Å². The normalized spacial score (nSPS) is 21.5. The van der Waals surface area contributed by atoms with Gasteiger partial charge in [0.1, 0.15) is 5.82 Å². The van der Waals surface area contributed by atoms with Gasteiger partial charge in [-0.1, -0.05) is 50.3 Å². The summed E-state index contributed by atoms with van der Waals surface area (Å²) in [7, 11) is 1.66. The standard InChI is InChI=1S/C26H42FN3O3/c1-32-15-8-16-33-25(23-12-5-6-13-24(23)27)21-11-7-14-30(19-21)26(31)29-22(18-28)17-20-9-3-2-4-10-20/h5-6,12-13,20-22,25H,2-4,7-11,14-19,28H2,1H3,(H,29,31)/t21?,22-,25?/m0/s1. The van der Waals surface area contributed by atoms with Crippen molar-refractivity contribution in [3.8, 4) is 0 Å². The molecular formula is C26H42FN3O3. The van der Waals surface area contributed by atoms with Crippen molar-refractivity contribution in [2.45, 2.75) is 69.9 Å². The maximum atomic E-state index is 14.7. The van der Waals surface area contributed by atoms with Gasteiger partial charge in [-0.05, 0) is 37.7 Å². The van der Waals surface area contributed by atoms with Gasteiger partial charge < -0.3 is 25.4 Å². The number of nitrogens with two attached hydrogens (primary N) is 1. The zero-order valence-electron chi connectivity index (χ0n) is 20.1. The van der Waals surface area contributed by atoms with Crippen LogP contribution in [-0.2, 0) is 9.47 Å². The highest BCUT2D eigenvalue weighted by molar-refractivity contribution is 5.74. The lowest BCUT2D eigenvalue weighted by molar-refractivity contribution is -0.0185. The van der Waals surface area contributed by atoms with Crippen molar-refractivity contribution in [3.05, 3.63) is 35.6 Å². The number of piperidine rings is 1. The Hall–Kier alpha value is -1.70. The van der Waals surface area contributed by atoms with Crippen LogP contribution in [0.1, 0.15) is 69.5 Å². The van der Waals surface area contributed by atoms with Crippen LogP contribution in [0.25, 0.3) is 0 Å². The van der Waals surface area contributed by atoms with Crippen LogP contribution in [-0.4, -0.2) is 56.9 Å². The smallest absolute Gasteiger partial charge is 0.317 e. The first-order valence-corrected chi connectivity index (χ1v) is 12.7. The minimum Gasteiger partial charge on any atom is -0.385 e. The van der Waals surface area contributed by atoms with Crippen molar-refractivity contribution in [1.29, 1.82) is 0 Å². The molecule has 1 aliphatic heterocycles. The molecule has 0 bridgehead atoms. The summed E-state index contributed by atoms with van der Waals surface area (Å²) in [6, 6.07) is 6.76. The van der Waals surface area contributed by atoms with Crippen LogP contribution in [0, 0.1) is 17.7 Å². The lowest BCUT2D eigenvalue weighted by Crippen LogP contribution is -2.51. The van der Waals surface area contributed by atoms with Gasteiger partial charge in [0.25, 0.3) is 0 Å². The first-order valence-electron chi connectivity index (χ1n) is 12.7. The molecule has 3 rings (SSSR count). The third-order valence-electron chi connectivity index (χ3n) is 7.13. The van der Waals surface area contributed by atoms with Gasteiger partial charge in [-0.15, -0.1) is 0 Å². The van der Waals surface area contributed by atoms with Gasteiger partial charge in [-0.3, -0.25) is 0 Å². The Morgan fingerprint density at radius 1 is 1.18 bits per heavy atom. The van der Waals surface area contributed by atoms with Crippen LogP contribution < -0.4 is 11.1 Å². The number of hydrogen-bond acceptors (Lipinski definition) is 4. The second-order valence-electron chi connectivity index (χ2n) is 9.63. The monoisotopic (exact) mass is 463 g/mol. The quantitative estimate of drug-likeness (QED) is 0.469. The Morgan fingerprint density at radius 2 is 1.97 bits per heavy atom. The third-order valence-corrected chi connectivity index (χ3v) is 7.13. The van der Waals surface area contributed by atoms with E-state index in [0.29, 0.717) is 44.3 Å². The molecule has 3 atom stereocenters. The van der Waals surface area contributed by atoms with E-state index in [-0.39, 0.29) is 29.9 Å². The largest absolute Gasteiger partial charge is 0.385 e. The fraction of sp³-hybridized carbons (Fsp3) is 0.731. The zero-order chi connectivity index (χ0) is 23.5. The van der Waals surface area contributed by atoms with Gasteiger partial charge in [0.05, 0.1) is 6.10 Å². The number of nitrogens with zero attached hydrogens (tertiary/aromatic N) is 1. The Labute approximate surface area is 198 Å². The predicted octanol–water partition coefficient (Wildman–Crippen LogP) is 4.64. The van der Waals surface area contributed by atoms with E-state index in [0.717, 1.165) is 25.7 Å². The van der Waals surface area contributed by atoms with E-state index in [2.05, 4.69) is 5.32 Å². The van der Waals surface area contributed by atoms with Gasteiger partial charge in [0.2, 0.25) is 0 Å². The van der Waals surface area contributed by atoms with Gasteiger partial charge in [0.15, 0.2) is 0 Å². The number of hydrogen-bond donors (Lipinski definition) is 2. The second-order valence-corrected chi connectivity index (χ2v) is 9.63. The number of benzene rings is 1. The van der Waals surface area contributed by atoms with Crippen molar-refractivity contribution in [1.82, 2.24) is 10.2 Å². The number of rotatable bonds is 11. The molecule has 0 radical (unpaired) electrons. The molecule has 1 aromatic rings. The summed E-state index contributed by atoms with van der Waals surface area (Å²) in [6.45, 7) is 2.81. The minimum atomic E-state index is -0.383. The summed E-state index contributed by atoms with van der Waals surface area (Å²) in [4.78, 5) is 15.0. The highest BCUT2D eigenvalue weighted by Gasteiger charge is 2.33. The molecule has 0 spiro atoms. The van der Waals surface area contributed by atoms with Crippen molar-refractivity contribution >= 4 is 6.03 Å². The number of carbonyl (C=O) groups excluding carboxylic acids is 1. The predicted molar refractivity (Wildman–Crippen MR) is 128 cm³/mol. The molecule has 2 amide bonds. The number of halogens is 1. The number of ether oxygens (including phenoxy) is 2. The van der Waals surface area contributed by atoms with E-state index in [1.165, 1.54) is 38.2 Å². The van der Waals surface area contributed by atoms with Crippen molar-refractivity contribution in [3.63, 3.8) is 0 Å². The summed E-state index contributed by atoms with van der Waals surface area (Å²) in [5.41, 5.74) is 6.58. The molecule has 0 aromatic heterocycles. The summed E-state index contributed by atoms with van der Waals surface area (Å²) in [6.07, 6.45) is 9.46. The number of amides is 2. The van der Waals surface area contributed by atoms with Crippen LogP contribution in [0.4, 0.5) is 9.18 Å². The van der Waals surface area contributed by atoms with Crippen LogP contribution in [0.3, 0.4) is 0 Å². The molecule has 7 heteroatoms. The van der Waals surface area contributed by atoms with Gasteiger partial charge >= 0.3 is 6.03 Å². The van der Waals surface area contributed by atoms with Crippen molar-refractivity contribution in [2.75, 3.05) is 40.0 Å². The molecule has 6 nitrogen and oxygen atoms in total. The maximum absolute atomic E-state index is 14.7. The summed E-state index contributed by atoms with van der Waals surface area (Å²) in [5.74, 6) is 0.442. The van der Waals surface area contributed by atoms with Gasteiger partial charge in [-0.2, -0.15) is 0 Å². The van der Waals surface area contributed by atoms with Crippen LogP contribution in [0.5, 0.6) is 0 Å². The Morgan fingerprint density at radius 3 is 2.70 bits per heavy atom. The first-order chi connectivity index (χ1) is 16.1. The fourth-order valence-electron chi connectivity index (χ4n) is 5.35. The average Bonchev–Trinajstić information content (AvgIpc) is 2.85. The number of nitrogens with one attached hydrogen (secondary N) is 1. The molecule has 2 aliphatic rings. The van der Waals surface area contributed by atoms with E-state index >= 15 is 0 Å². The summed E-state index contributed by atoms with van der Waals surface area (Å²) < 4.78 is 26.0. The molecule has 1 saturated heterocycles. The maximum Gasteiger partial charge on any atom is 0.317 e. The third kappa shape index (κ3) is 7.94. The molecule has 1 aromatic carbocycles. The fourth-order valence-corrected chi connectivity index (χ4v) is 5.35. The van der Waals surface area contributed by atoms with Crippen LogP contribution in [0.2, 0.25) is 0 Å². The molecule has 1 aliphatic carbocycles. The van der Waals surface area contributed by atoms with E-state index < -0.39 is 0 Å². The SMILES string of the molecule is COCCCOC(c1ccccc1F)C1CCCN(C(=O)N[C@H](CN)CC2CCCCC2)C1. The summed E-state index contributed by atoms with van der Waals surface area (Å²) in [5, 5.41) is 3.18. The number of likely N-dealkylation sites (tertiary alicyclic amines) is 1. The molecular weight excluding hydrogens is 421 g/mol. The Balaban J connectivity index is 1.61. The number of urea groups is 1. The lowest BCUT2D eigenvalue weighted by Gasteiger charge is -2.38. The molecule has 1 saturated carbocycles. The van der Waals surface area contributed by atoms with E-state index in [4.69, 9.17) is 15.2 Å². The molecule has 33 heavy (non-hydrogen) atoms. The highest BCUT2D eigenvalue weighted by atomic mass is 19.1. The topological polar surface area (TPSA) is 76.8 Å². The molecule has 1 heterocycles. The van der Waals surface area contributed by atoms with Crippen LogP contribution >= 0.6 is 0 Å². The molecule has 3 N–H and O–H groups in total. The molecule has 186 valence electrons. The number of methoxy groups -OCH3 is 1. The van der Waals surface area contributed by atoms with E-state index in [9.17, 15) is 9.18 Å².